The predicted octanol–water partition coefficient (Wildman–Crippen LogP) is 5.78. The molecule has 3 aromatic heterocycles. The van der Waals surface area contributed by atoms with Crippen LogP contribution in [-0.4, -0.2) is 30.6 Å². The summed E-state index contributed by atoms with van der Waals surface area (Å²) >= 11 is 2.85. The summed E-state index contributed by atoms with van der Waals surface area (Å²) in [6.45, 7) is 2.04. The number of pyridine rings is 1. The van der Waals surface area contributed by atoms with Crippen LogP contribution >= 0.6 is 23.1 Å². The fourth-order valence-corrected chi connectivity index (χ4v) is 5.18. The highest BCUT2D eigenvalue weighted by atomic mass is 32.2. The van der Waals surface area contributed by atoms with Gasteiger partial charge in [0.15, 0.2) is 11.0 Å². The molecule has 0 bridgehead atoms. The molecule has 0 fully saturated rings. The van der Waals surface area contributed by atoms with Crippen LogP contribution in [0.15, 0.2) is 83.6 Å². The molecule has 0 unspecified atom stereocenters. The quantitative estimate of drug-likeness (QED) is 0.284. The number of thioether (sulfide) groups is 1. The third kappa shape index (κ3) is 4.98. The maximum atomic E-state index is 13.9. The molecule has 5 aromatic rings. The number of anilines is 1. The zero-order valence-corrected chi connectivity index (χ0v) is 20.2. The largest absolute Gasteiger partial charge is 0.318 e. The molecule has 35 heavy (non-hydrogen) atoms. The van der Waals surface area contributed by atoms with Crippen LogP contribution in [0, 0.1) is 12.7 Å². The summed E-state index contributed by atoms with van der Waals surface area (Å²) in [5.41, 5.74) is 3.34. The molecule has 174 valence electrons. The third-order valence-electron chi connectivity index (χ3n) is 5.16. The molecule has 1 amide bonds. The fraction of sp³-hybridized carbons (Fsp3) is 0.0800. The number of thiazole rings is 1. The number of hydrogen-bond acceptors (Lipinski definition) is 7. The second kappa shape index (κ2) is 10.2. The van der Waals surface area contributed by atoms with Crippen LogP contribution in [0.4, 0.5) is 10.1 Å². The molecule has 1 N–H and O–H groups in total. The number of nitrogens with zero attached hydrogens (tertiary/aromatic N) is 5. The maximum Gasteiger partial charge on any atom is 0.275 e. The Morgan fingerprint density at radius 3 is 2.63 bits per heavy atom. The highest BCUT2D eigenvalue weighted by Crippen LogP contribution is 2.31. The lowest BCUT2D eigenvalue weighted by Crippen LogP contribution is -2.13. The van der Waals surface area contributed by atoms with Crippen molar-refractivity contribution in [1.82, 2.24) is 24.7 Å². The second-order valence-corrected chi connectivity index (χ2v) is 9.40. The molecular formula is C25H19FN6OS2. The van der Waals surface area contributed by atoms with Gasteiger partial charge in [0, 0.05) is 23.3 Å². The normalized spacial score (nSPS) is 10.9. The van der Waals surface area contributed by atoms with E-state index in [-0.39, 0.29) is 11.4 Å². The standard InChI is InChI=1S/C25H19FN6OS2/c1-16-6-2-5-9-21(16)32-23(17-10-12-27-13-11-17)30-31-25(32)35-15-22-28-20(14-34-22)24(33)29-19-8-4-3-7-18(19)26/h2-14H,15H2,1H3,(H,29,33). The molecule has 0 atom stereocenters. The number of rotatable bonds is 7. The molecule has 0 spiro atoms. The van der Waals surface area contributed by atoms with Gasteiger partial charge in [0.1, 0.15) is 16.5 Å². The van der Waals surface area contributed by atoms with Gasteiger partial charge >= 0.3 is 0 Å². The van der Waals surface area contributed by atoms with E-state index in [1.807, 2.05) is 47.9 Å². The number of hydrogen-bond donors (Lipinski definition) is 1. The molecule has 0 saturated carbocycles. The van der Waals surface area contributed by atoms with Crippen LogP contribution in [0.5, 0.6) is 0 Å². The lowest BCUT2D eigenvalue weighted by Gasteiger charge is -2.12. The van der Waals surface area contributed by atoms with E-state index in [1.54, 1.807) is 29.9 Å². The molecule has 0 saturated heterocycles. The minimum atomic E-state index is -0.493. The van der Waals surface area contributed by atoms with Crippen LogP contribution in [0.2, 0.25) is 0 Å². The minimum absolute atomic E-state index is 0.122. The first kappa shape index (κ1) is 22.9. The Morgan fingerprint density at radius 2 is 1.83 bits per heavy atom. The molecule has 3 heterocycles. The lowest BCUT2D eigenvalue weighted by atomic mass is 10.2. The van der Waals surface area contributed by atoms with E-state index in [9.17, 15) is 9.18 Å². The first-order valence-electron chi connectivity index (χ1n) is 10.6. The van der Waals surface area contributed by atoms with Crippen molar-refractivity contribution in [3.05, 3.63) is 101 Å². The Hall–Kier alpha value is -3.89. The number of para-hydroxylation sites is 2. The van der Waals surface area contributed by atoms with Crippen molar-refractivity contribution in [2.75, 3.05) is 5.32 Å². The first-order valence-corrected chi connectivity index (χ1v) is 12.5. The minimum Gasteiger partial charge on any atom is -0.318 e. The Bertz CT molecular complexity index is 1480. The number of aromatic nitrogens is 5. The van der Waals surface area contributed by atoms with Gasteiger partial charge < -0.3 is 5.32 Å². The van der Waals surface area contributed by atoms with Gasteiger partial charge in [-0.15, -0.1) is 21.5 Å². The van der Waals surface area contributed by atoms with Gasteiger partial charge in [-0.2, -0.15) is 0 Å². The summed E-state index contributed by atoms with van der Waals surface area (Å²) in [6.07, 6.45) is 3.45. The number of nitrogens with one attached hydrogen (secondary N) is 1. The lowest BCUT2D eigenvalue weighted by molar-refractivity contribution is 0.102. The third-order valence-corrected chi connectivity index (χ3v) is 7.13. The number of carbonyl (C=O) groups is 1. The predicted molar refractivity (Wildman–Crippen MR) is 135 cm³/mol. The molecule has 0 aliphatic rings. The zero-order chi connectivity index (χ0) is 24.2. The highest BCUT2D eigenvalue weighted by molar-refractivity contribution is 7.98. The van der Waals surface area contributed by atoms with Crippen LogP contribution in [-0.2, 0) is 5.75 Å². The second-order valence-electron chi connectivity index (χ2n) is 7.51. The average Bonchev–Trinajstić information content (AvgIpc) is 3.52. The Balaban J connectivity index is 1.38. The molecule has 7 nitrogen and oxygen atoms in total. The maximum absolute atomic E-state index is 13.9. The van der Waals surface area contributed by atoms with Crippen molar-refractivity contribution in [3.8, 4) is 17.1 Å². The summed E-state index contributed by atoms with van der Waals surface area (Å²) in [6, 6.07) is 17.9. The molecule has 0 radical (unpaired) electrons. The van der Waals surface area contributed by atoms with Crippen molar-refractivity contribution in [2.24, 2.45) is 0 Å². The van der Waals surface area contributed by atoms with Crippen LogP contribution in [0.25, 0.3) is 17.1 Å². The van der Waals surface area contributed by atoms with Crippen LogP contribution in [0.1, 0.15) is 21.1 Å². The van der Waals surface area contributed by atoms with Crippen LogP contribution < -0.4 is 5.32 Å². The van der Waals surface area contributed by atoms with Gasteiger partial charge in [0.25, 0.3) is 5.91 Å². The van der Waals surface area contributed by atoms with Crippen molar-refractivity contribution in [1.29, 1.82) is 0 Å². The van der Waals surface area contributed by atoms with Gasteiger partial charge in [0.05, 0.1) is 17.1 Å². The van der Waals surface area contributed by atoms with Crippen molar-refractivity contribution < 1.29 is 9.18 Å². The topological polar surface area (TPSA) is 85.6 Å². The summed E-state index contributed by atoms with van der Waals surface area (Å²) < 4.78 is 15.9. The van der Waals surface area contributed by atoms with Gasteiger partial charge in [-0.3, -0.25) is 14.3 Å². The fourth-order valence-electron chi connectivity index (χ4n) is 3.44. The SMILES string of the molecule is Cc1ccccc1-n1c(SCc2nc(C(=O)Nc3ccccc3F)cs2)nnc1-c1ccncc1. The zero-order valence-electron chi connectivity index (χ0n) is 18.6. The average molecular weight is 503 g/mol. The number of amides is 1. The summed E-state index contributed by atoms with van der Waals surface area (Å²) in [4.78, 5) is 21.1. The number of benzene rings is 2. The smallest absolute Gasteiger partial charge is 0.275 e. The Kier molecular flexibility index (Phi) is 6.64. The van der Waals surface area contributed by atoms with E-state index in [2.05, 4.69) is 25.5 Å². The monoisotopic (exact) mass is 502 g/mol. The number of aryl methyl sites for hydroxylation is 1. The van der Waals surface area contributed by atoms with Crippen molar-refractivity contribution >= 4 is 34.7 Å². The molecule has 2 aromatic carbocycles. The molecular weight excluding hydrogens is 483 g/mol. The van der Waals surface area contributed by atoms with Gasteiger partial charge in [0.2, 0.25) is 0 Å². The highest BCUT2D eigenvalue weighted by Gasteiger charge is 2.19. The Labute approximate surface area is 209 Å². The molecule has 0 aliphatic carbocycles. The Morgan fingerprint density at radius 1 is 1.06 bits per heavy atom. The van der Waals surface area contributed by atoms with E-state index in [4.69, 9.17) is 0 Å². The summed E-state index contributed by atoms with van der Waals surface area (Å²) in [5.74, 6) is 0.268. The summed E-state index contributed by atoms with van der Waals surface area (Å²) in [7, 11) is 0. The van der Waals surface area contributed by atoms with Gasteiger partial charge in [-0.1, -0.05) is 42.1 Å². The van der Waals surface area contributed by atoms with E-state index < -0.39 is 11.7 Å². The van der Waals surface area contributed by atoms with Crippen LogP contribution in [0.3, 0.4) is 0 Å². The van der Waals surface area contributed by atoms with Crippen molar-refractivity contribution in [2.45, 2.75) is 17.8 Å². The number of carbonyl (C=O) groups excluding carboxylic acids is 1. The molecule has 10 heteroatoms. The van der Waals surface area contributed by atoms with E-state index in [0.29, 0.717) is 16.7 Å². The first-order chi connectivity index (χ1) is 17.1. The van der Waals surface area contributed by atoms with Crippen molar-refractivity contribution in [3.63, 3.8) is 0 Å². The van der Waals surface area contributed by atoms with E-state index >= 15 is 0 Å². The van der Waals surface area contributed by atoms with E-state index in [1.165, 1.54) is 35.2 Å². The van der Waals surface area contributed by atoms with Gasteiger partial charge in [-0.05, 0) is 42.8 Å². The molecule has 0 aliphatic heterocycles. The van der Waals surface area contributed by atoms with Gasteiger partial charge in [-0.25, -0.2) is 9.37 Å². The summed E-state index contributed by atoms with van der Waals surface area (Å²) in [5, 5.41) is 14.6. The molecule has 5 rings (SSSR count). The van der Waals surface area contributed by atoms with E-state index in [0.717, 1.165) is 21.8 Å². The number of halogens is 1.